The van der Waals surface area contributed by atoms with Gasteiger partial charge in [0.2, 0.25) is 0 Å². The second-order valence-electron chi connectivity index (χ2n) is 5.39. The number of rotatable bonds is 6. The van der Waals surface area contributed by atoms with Crippen LogP contribution in [0.2, 0.25) is 0 Å². The number of anilines is 1. The standard InChI is InChI=1S/C19H15N3O3S/c1-2-12-21(18(23)15-8-10-16(11-9-15)22(24)25)19-20-17(13-26-19)14-6-4-3-5-7-14/h2-11,13H,1,12H2. The summed E-state index contributed by atoms with van der Waals surface area (Å²) in [5.41, 5.74) is 2.05. The summed E-state index contributed by atoms with van der Waals surface area (Å²) in [4.78, 5) is 29.2. The fourth-order valence-corrected chi connectivity index (χ4v) is 3.23. The Morgan fingerprint density at radius 2 is 1.88 bits per heavy atom. The number of non-ortho nitro benzene ring substituents is 1. The molecule has 0 aliphatic heterocycles. The zero-order chi connectivity index (χ0) is 18.5. The van der Waals surface area contributed by atoms with E-state index in [1.54, 1.807) is 6.08 Å². The molecule has 0 fully saturated rings. The van der Waals surface area contributed by atoms with Gasteiger partial charge < -0.3 is 0 Å². The van der Waals surface area contributed by atoms with Crippen LogP contribution in [0.5, 0.6) is 0 Å². The molecule has 26 heavy (non-hydrogen) atoms. The number of thiazole rings is 1. The van der Waals surface area contributed by atoms with Gasteiger partial charge in [0.1, 0.15) is 0 Å². The van der Waals surface area contributed by atoms with Crippen LogP contribution in [0.15, 0.2) is 72.6 Å². The third kappa shape index (κ3) is 3.68. The fourth-order valence-electron chi connectivity index (χ4n) is 2.39. The van der Waals surface area contributed by atoms with Crippen LogP contribution < -0.4 is 4.90 Å². The van der Waals surface area contributed by atoms with Gasteiger partial charge in [0.15, 0.2) is 5.13 Å². The summed E-state index contributed by atoms with van der Waals surface area (Å²) >= 11 is 1.36. The highest BCUT2D eigenvalue weighted by Gasteiger charge is 2.20. The zero-order valence-corrected chi connectivity index (χ0v) is 14.6. The summed E-state index contributed by atoms with van der Waals surface area (Å²) in [7, 11) is 0. The maximum Gasteiger partial charge on any atom is 0.269 e. The van der Waals surface area contributed by atoms with Crippen LogP contribution in [0.3, 0.4) is 0 Å². The number of hydrogen-bond acceptors (Lipinski definition) is 5. The highest BCUT2D eigenvalue weighted by Crippen LogP contribution is 2.28. The van der Waals surface area contributed by atoms with Gasteiger partial charge in [-0.3, -0.25) is 19.8 Å². The predicted molar refractivity (Wildman–Crippen MR) is 103 cm³/mol. The van der Waals surface area contributed by atoms with Gasteiger partial charge in [0, 0.05) is 35.2 Å². The summed E-state index contributed by atoms with van der Waals surface area (Å²) in [5.74, 6) is -0.284. The molecule has 1 aromatic heterocycles. The summed E-state index contributed by atoms with van der Waals surface area (Å²) in [6, 6.07) is 15.2. The summed E-state index contributed by atoms with van der Waals surface area (Å²) in [5, 5.41) is 13.2. The number of benzene rings is 2. The van der Waals surface area contributed by atoms with E-state index in [1.165, 1.54) is 40.5 Å². The molecule has 0 aliphatic carbocycles. The molecule has 3 aromatic rings. The number of carbonyl (C=O) groups is 1. The van der Waals surface area contributed by atoms with E-state index in [2.05, 4.69) is 11.6 Å². The molecule has 0 N–H and O–H groups in total. The maximum atomic E-state index is 12.8. The highest BCUT2D eigenvalue weighted by molar-refractivity contribution is 7.14. The first-order valence-electron chi connectivity index (χ1n) is 7.78. The minimum Gasteiger partial charge on any atom is -0.280 e. The van der Waals surface area contributed by atoms with E-state index in [0.717, 1.165) is 11.3 Å². The van der Waals surface area contributed by atoms with Gasteiger partial charge in [-0.1, -0.05) is 36.4 Å². The average molecular weight is 365 g/mol. The van der Waals surface area contributed by atoms with Crippen molar-refractivity contribution in [2.75, 3.05) is 11.4 Å². The van der Waals surface area contributed by atoms with E-state index in [0.29, 0.717) is 10.7 Å². The summed E-state index contributed by atoms with van der Waals surface area (Å²) in [6.45, 7) is 3.99. The Kier molecular flexibility index (Phi) is 5.19. The number of aromatic nitrogens is 1. The van der Waals surface area contributed by atoms with Gasteiger partial charge in [0.05, 0.1) is 10.6 Å². The smallest absolute Gasteiger partial charge is 0.269 e. The second kappa shape index (κ2) is 7.71. The minimum atomic E-state index is -0.497. The molecule has 3 rings (SSSR count). The van der Waals surface area contributed by atoms with Crippen molar-refractivity contribution in [1.29, 1.82) is 0 Å². The SMILES string of the molecule is C=CCN(C(=O)c1ccc([N+](=O)[O-])cc1)c1nc(-c2ccccc2)cs1. The van der Waals surface area contributed by atoms with E-state index in [9.17, 15) is 14.9 Å². The van der Waals surface area contributed by atoms with Crippen molar-refractivity contribution in [3.63, 3.8) is 0 Å². The highest BCUT2D eigenvalue weighted by atomic mass is 32.1. The molecule has 0 unspecified atom stereocenters. The minimum absolute atomic E-state index is 0.0579. The Balaban J connectivity index is 1.89. The largest absolute Gasteiger partial charge is 0.280 e. The first-order chi connectivity index (χ1) is 12.6. The normalized spacial score (nSPS) is 10.3. The average Bonchev–Trinajstić information content (AvgIpc) is 3.16. The molecule has 1 amide bonds. The van der Waals surface area contributed by atoms with Crippen molar-refractivity contribution in [2.24, 2.45) is 0 Å². The zero-order valence-electron chi connectivity index (χ0n) is 13.7. The monoisotopic (exact) mass is 365 g/mol. The van der Waals surface area contributed by atoms with Crippen molar-refractivity contribution >= 4 is 28.1 Å². The molecule has 0 saturated heterocycles. The topological polar surface area (TPSA) is 76.3 Å². The van der Waals surface area contributed by atoms with Crippen LogP contribution in [0.4, 0.5) is 10.8 Å². The van der Waals surface area contributed by atoms with Crippen molar-refractivity contribution in [3.8, 4) is 11.3 Å². The molecule has 0 atom stereocenters. The molecule has 2 aromatic carbocycles. The van der Waals surface area contributed by atoms with Gasteiger partial charge in [-0.15, -0.1) is 17.9 Å². The van der Waals surface area contributed by atoms with E-state index in [4.69, 9.17) is 0 Å². The third-order valence-electron chi connectivity index (χ3n) is 3.67. The Labute approximate surface area is 154 Å². The Morgan fingerprint density at radius 1 is 1.19 bits per heavy atom. The summed E-state index contributed by atoms with van der Waals surface area (Å²) < 4.78 is 0. The predicted octanol–water partition coefficient (Wildman–Crippen LogP) is 4.55. The molecule has 130 valence electrons. The number of amides is 1. The van der Waals surface area contributed by atoms with Crippen molar-refractivity contribution in [3.05, 3.63) is 88.3 Å². The molecule has 0 saturated carbocycles. The van der Waals surface area contributed by atoms with Crippen molar-refractivity contribution < 1.29 is 9.72 Å². The van der Waals surface area contributed by atoms with E-state index < -0.39 is 4.92 Å². The Morgan fingerprint density at radius 3 is 2.50 bits per heavy atom. The molecule has 6 nitrogen and oxygen atoms in total. The Hall–Kier alpha value is -3.32. The van der Waals surface area contributed by atoms with Gasteiger partial charge in [-0.05, 0) is 12.1 Å². The molecule has 0 spiro atoms. The molecular formula is C19H15N3O3S. The van der Waals surface area contributed by atoms with E-state index in [1.807, 2.05) is 35.7 Å². The molecule has 0 bridgehead atoms. The number of nitro groups is 1. The third-order valence-corrected chi connectivity index (χ3v) is 4.54. The molecule has 1 heterocycles. The van der Waals surface area contributed by atoms with Crippen LogP contribution in [0.25, 0.3) is 11.3 Å². The van der Waals surface area contributed by atoms with E-state index >= 15 is 0 Å². The lowest BCUT2D eigenvalue weighted by Crippen LogP contribution is -2.30. The van der Waals surface area contributed by atoms with E-state index in [-0.39, 0.29) is 18.1 Å². The van der Waals surface area contributed by atoms with Gasteiger partial charge in [-0.2, -0.15) is 0 Å². The molecule has 0 radical (unpaired) electrons. The summed E-state index contributed by atoms with van der Waals surface area (Å²) in [6.07, 6.45) is 1.62. The van der Waals surface area contributed by atoms with Gasteiger partial charge in [-0.25, -0.2) is 4.98 Å². The number of carbonyl (C=O) groups excluding carboxylic acids is 1. The second-order valence-corrected chi connectivity index (χ2v) is 6.23. The first-order valence-corrected chi connectivity index (χ1v) is 8.66. The molecule has 0 aliphatic rings. The van der Waals surface area contributed by atoms with Crippen LogP contribution in [0.1, 0.15) is 10.4 Å². The van der Waals surface area contributed by atoms with Crippen LogP contribution >= 0.6 is 11.3 Å². The quantitative estimate of drug-likeness (QED) is 0.365. The lowest BCUT2D eigenvalue weighted by atomic mass is 10.2. The Bertz CT molecular complexity index is 936. The lowest BCUT2D eigenvalue weighted by molar-refractivity contribution is -0.384. The number of nitro benzene ring substituents is 1. The van der Waals surface area contributed by atoms with Crippen molar-refractivity contribution in [2.45, 2.75) is 0 Å². The van der Waals surface area contributed by atoms with Crippen LogP contribution in [0, 0.1) is 10.1 Å². The van der Waals surface area contributed by atoms with Gasteiger partial charge >= 0.3 is 0 Å². The molecule has 7 heteroatoms. The number of nitrogens with zero attached hydrogens (tertiary/aromatic N) is 3. The molecular weight excluding hydrogens is 350 g/mol. The first kappa shape index (κ1) is 17.5. The van der Waals surface area contributed by atoms with Crippen LogP contribution in [-0.2, 0) is 0 Å². The van der Waals surface area contributed by atoms with Crippen LogP contribution in [-0.4, -0.2) is 22.4 Å². The fraction of sp³-hybridized carbons (Fsp3) is 0.0526. The van der Waals surface area contributed by atoms with Crippen molar-refractivity contribution in [1.82, 2.24) is 4.98 Å². The maximum absolute atomic E-state index is 12.8. The lowest BCUT2D eigenvalue weighted by Gasteiger charge is -2.18. The van der Waals surface area contributed by atoms with Gasteiger partial charge in [0.25, 0.3) is 11.6 Å². The number of hydrogen-bond donors (Lipinski definition) is 0.